The summed E-state index contributed by atoms with van der Waals surface area (Å²) in [6, 6.07) is 13.3. The molecule has 0 atom stereocenters. The van der Waals surface area contributed by atoms with Gasteiger partial charge in [-0.05, 0) is 43.2 Å². The van der Waals surface area contributed by atoms with Crippen molar-refractivity contribution < 1.29 is 22.8 Å². The molecule has 0 aromatic heterocycles. The summed E-state index contributed by atoms with van der Waals surface area (Å²) in [5.41, 5.74) is 0.112. The van der Waals surface area contributed by atoms with Crippen LogP contribution in [0.4, 0.5) is 18.0 Å². The van der Waals surface area contributed by atoms with Crippen molar-refractivity contribution in [3.05, 3.63) is 71.3 Å². The van der Waals surface area contributed by atoms with Gasteiger partial charge in [0.05, 0.1) is 12.1 Å². The van der Waals surface area contributed by atoms with Crippen LogP contribution in [0.5, 0.6) is 0 Å². The number of carbonyl (C=O) groups is 2. The van der Waals surface area contributed by atoms with Crippen molar-refractivity contribution in [2.75, 3.05) is 19.6 Å². The van der Waals surface area contributed by atoms with E-state index < -0.39 is 17.8 Å². The summed E-state index contributed by atoms with van der Waals surface area (Å²) in [5.74, 6) is 5.24. The summed E-state index contributed by atoms with van der Waals surface area (Å²) in [5, 5.41) is 5.42. The van der Waals surface area contributed by atoms with Gasteiger partial charge in [0, 0.05) is 30.3 Å². The Kier molecular flexibility index (Phi) is 7.19. The number of rotatable bonds is 3. The minimum Gasteiger partial charge on any atom is -0.338 e. The Morgan fingerprint density at radius 1 is 1.03 bits per heavy atom. The monoisotopic (exact) mass is 429 g/mol. The van der Waals surface area contributed by atoms with Gasteiger partial charge in [-0.3, -0.25) is 4.79 Å². The van der Waals surface area contributed by atoms with Crippen LogP contribution in [0.3, 0.4) is 0 Å². The summed E-state index contributed by atoms with van der Waals surface area (Å²) in [6.45, 7) is 1.11. The molecular formula is C23H22F3N3O2. The third-order valence-corrected chi connectivity index (χ3v) is 4.90. The standard InChI is InChI=1S/C23H22F3N3O2/c24-23(25,26)19-10-4-6-17(16-19)7-5-13-27-22(31)28-20-11-14-29(15-12-20)21(30)18-8-2-1-3-9-18/h1-4,6,8-10,16,20H,11-15H2,(H2,27,28,31). The van der Waals surface area contributed by atoms with Crippen molar-refractivity contribution in [3.8, 4) is 11.8 Å². The number of benzene rings is 2. The van der Waals surface area contributed by atoms with Crippen LogP contribution in [-0.4, -0.2) is 42.5 Å². The molecule has 1 fully saturated rings. The minimum absolute atomic E-state index is 0.00736. The van der Waals surface area contributed by atoms with E-state index in [1.165, 1.54) is 12.1 Å². The van der Waals surface area contributed by atoms with Gasteiger partial charge in [-0.1, -0.05) is 36.1 Å². The Balaban J connectivity index is 1.41. The van der Waals surface area contributed by atoms with Crippen LogP contribution in [0.15, 0.2) is 54.6 Å². The number of piperidine rings is 1. The van der Waals surface area contributed by atoms with Crippen LogP contribution >= 0.6 is 0 Å². The zero-order valence-corrected chi connectivity index (χ0v) is 16.7. The highest BCUT2D eigenvalue weighted by molar-refractivity contribution is 5.94. The van der Waals surface area contributed by atoms with E-state index in [9.17, 15) is 22.8 Å². The Labute approximate surface area is 178 Å². The molecule has 2 N–H and O–H groups in total. The topological polar surface area (TPSA) is 61.4 Å². The van der Waals surface area contributed by atoms with E-state index in [0.29, 0.717) is 31.5 Å². The van der Waals surface area contributed by atoms with Gasteiger partial charge in [-0.25, -0.2) is 4.79 Å². The first-order valence-corrected chi connectivity index (χ1v) is 9.88. The van der Waals surface area contributed by atoms with E-state index in [1.807, 2.05) is 18.2 Å². The van der Waals surface area contributed by atoms with E-state index in [0.717, 1.165) is 12.1 Å². The minimum atomic E-state index is -4.42. The molecule has 162 valence electrons. The Morgan fingerprint density at radius 2 is 1.74 bits per heavy atom. The molecule has 2 aromatic carbocycles. The third kappa shape index (κ3) is 6.51. The molecule has 2 aromatic rings. The van der Waals surface area contributed by atoms with Crippen LogP contribution in [0.25, 0.3) is 0 Å². The van der Waals surface area contributed by atoms with Gasteiger partial charge in [0.2, 0.25) is 0 Å². The molecule has 0 bridgehead atoms. The molecule has 1 saturated heterocycles. The van der Waals surface area contributed by atoms with Gasteiger partial charge in [0.1, 0.15) is 0 Å². The van der Waals surface area contributed by atoms with Crippen LogP contribution in [0.2, 0.25) is 0 Å². The number of alkyl halides is 3. The lowest BCUT2D eigenvalue weighted by Gasteiger charge is -2.32. The maximum absolute atomic E-state index is 12.7. The quantitative estimate of drug-likeness (QED) is 0.732. The van der Waals surface area contributed by atoms with E-state index in [1.54, 1.807) is 17.0 Å². The van der Waals surface area contributed by atoms with Crippen molar-refractivity contribution >= 4 is 11.9 Å². The lowest BCUT2D eigenvalue weighted by molar-refractivity contribution is -0.137. The number of hydrogen-bond donors (Lipinski definition) is 2. The Hall–Kier alpha value is -3.47. The van der Waals surface area contributed by atoms with E-state index in [4.69, 9.17) is 0 Å². The molecule has 1 heterocycles. The predicted octanol–water partition coefficient (Wildman–Crippen LogP) is 3.66. The van der Waals surface area contributed by atoms with Crippen molar-refractivity contribution in [1.82, 2.24) is 15.5 Å². The number of carbonyl (C=O) groups excluding carboxylic acids is 2. The Bertz CT molecular complexity index is 973. The van der Waals surface area contributed by atoms with Gasteiger partial charge in [0.15, 0.2) is 0 Å². The maximum Gasteiger partial charge on any atom is 0.416 e. The van der Waals surface area contributed by atoms with Gasteiger partial charge < -0.3 is 15.5 Å². The number of amides is 3. The van der Waals surface area contributed by atoms with Gasteiger partial charge in [-0.2, -0.15) is 13.2 Å². The second-order valence-corrected chi connectivity index (χ2v) is 7.14. The van der Waals surface area contributed by atoms with Gasteiger partial charge in [-0.15, -0.1) is 0 Å². The number of urea groups is 1. The zero-order chi connectivity index (χ0) is 22.3. The highest BCUT2D eigenvalue weighted by Gasteiger charge is 2.30. The second kappa shape index (κ2) is 10.0. The van der Waals surface area contributed by atoms with Crippen LogP contribution in [0.1, 0.15) is 34.3 Å². The molecular weight excluding hydrogens is 407 g/mol. The summed E-state index contributed by atoms with van der Waals surface area (Å²) >= 11 is 0. The number of nitrogens with one attached hydrogen (secondary N) is 2. The summed E-state index contributed by atoms with van der Waals surface area (Å²) in [4.78, 5) is 26.2. The molecule has 31 heavy (non-hydrogen) atoms. The van der Waals surface area contributed by atoms with Crippen molar-refractivity contribution in [3.63, 3.8) is 0 Å². The fourth-order valence-corrected chi connectivity index (χ4v) is 3.27. The third-order valence-electron chi connectivity index (χ3n) is 4.90. The fraction of sp³-hybridized carbons (Fsp3) is 0.304. The largest absolute Gasteiger partial charge is 0.416 e. The normalized spacial score (nSPS) is 14.4. The fourth-order valence-electron chi connectivity index (χ4n) is 3.27. The molecule has 3 amide bonds. The second-order valence-electron chi connectivity index (χ2n) is 7.14. The number of nitrogens with zero attached hydrogens (tertiary/aromatic N) is 1. The average molecular weight is 429 g/mol. The molecule has 0 radical (unpaired) electrons. The molecule has 8 heteroatoms. The first-order chi connectivity index (χ1) is 14.8. The molecule has 3 rings (SSSR count). The zero-order valence-electron chi connectivity index (χ0n) is 16.7. The molecule has 0 unspecified atom stereocenters. The number of halogens is 3. The number of likely N-dealkylation sites (tertiary alicyclic amines) is 1. The average Bonchev–Trinajstić information content (AvgIpc) is 2.77. The lowest BCUT2D eigenvalue weighted by Crippen LogP contribution is -2.49. The maximum atomic E-state index is 12.7. The molecule has 0 aliphatic carbocycles. The Morgan fingerprint density at radius 3 is 2.42 bits per heavy atom. The summed E-state index contributed by atoms with van der Waals surface area (Å²) < 4.78 is 38.1. The van der Waals surface area contributed by atoms with E-state index >= 15 is 0 Å². The van der Waals surface area contributed by atoms with E-state index in [-0.39, 0.29) is 24.1 Å². The smallest absolute Gasteiger partial charge is 0.338 e. The van der Waals surface area contributed by atoms with Crippen molar-refractivity contribution in [1.29, 1.82) is 0 Å². The highest BCUT2D eigenvalue weighted by atomic mass is 19.4. The van der Waals surface area contributed by atoms with Gasteiger partial charge in [0.25, 0.3) is 5.91 Å². The van der Waals surface area contributed by atoms with Gasteiger partial charge >= 0.3 is 12.2 Å². The van der Waals surface area contributed by atoms with Crippen LogP contribution < -0.4 is 10.6 Å². The molecule has 1 aliphatic rings. The van der Waals surface area contributed by atoms with Crippen LogP contribution in [0, 0.1) is 11.8 Å². The molecule has 0 spiro atoms. The molecule has 0 saturated carbocycles. The van der Waals surface area contributed by atoms with E-state index in [2.05, 4.69) is 22.5 Å². The molecule has 5 nitrogen and oxygen atoms in total. The number of hydrogen-bond acceptors (Lipinski definition) is 2. The summed E-state index contributed by atoms with van der Waals surface area (Å²) in [6.07, 6.45) is -3.14. The summed E-state index contributed by atoms with van der Waals surface area (Å²) in [7, 11) is 0. The first kappa shape index (κ1) is 22.2. The van der Waals surface area contributed by atoms with Crippen molar-refractivity contribution in [2.24, 2.45) is 0 Å². The predicted molar refractivity (Wildman–Crippen MR) is 110 cm³/mol. The first-order valence-electron chi connectivity index (χ1n) is 9.88. The van der Waals surface area contributed by atoms with Crippen molar-refractivity contribution in [2.45, 2.75) is 25.1 Å². The molecule has 1 aliphatic heterocycles. The highest BCUT2D eigenvalue weighted by Crippen LogP contribution is 2.29. The lowest BCUT2D eigenvalue weighted by atomic mass is 10.0. The van der Waals surface area contributed by atoms with Crippen LogP contribution in [-0.2, 0) is 6.18 Å². The SMILES string of the molecule is O=C(NCC#Cc1cccc(C(F)(F)F)c1)NC1CCN(C(=O)c2ccccc2)CC1.